The molecule has 0 fully saturated rings. The van der Waals surface area contributed by atoms with Gasteiger partial charge in [0.15, 0.2) is 6.61 Å². The van der Waals surface area contributed by atoms with Crippen LogP contribution in [0.15, 0.2) is 40.0 Å². The van der Waals surface area contributed by atoms with Gasteiger partial charge < -0.3 is 19.6 Å². The molecule has 0 radical (unpaired) electrons. The normalized spacial score (nSPS) is 12.0. The zero-order chi connectivity index (χ0) is 19.3. The monoisotopic (exact) mass is 356 g/mol. The van der Waals surface area contributed by atoms with Gasteiger partial charge in [-0.3, -0.25) is 4.79 Å². The minimum atomic E-state index is -0.802. The fourth-order valence-electron chi connectivity index (χ4n) is 2.30. The molecule has 1 aromatic heterocycles. The van der Waals surface area contributed by atoms with Crippen LogP contribution in [0, 0.1) is 11.3 Å². The number of nitriles is 1. The predicted octanol–water partition coefficient (Wildman–Crippen LogP) is 2.84. The molecule has 1 aromatic carbocycles. The standard InChI is InChI=1S/C19H20N2O5/c1-11(2)24-9-15-13-6-4-5-7-17(13)26-18(15)19(23)25-10-16(22)14(8-20)12(3)21/h4-7,11H,9-10,21H2,1-3H3/b14-12-. The average molecular weight is 356 g/mol. The van der Waals surface area contributed by atoms with Gasteiger partial charge >= 0.3 is 5.97 Å². The van der Waals surface area contributed by atoms with Crippen LogP contribution in [-0.2, 0) is 20.9 Å². The van der Waals surface area contributed by atoms with E-state index in [4.69, 9.17) is 24.9 Å². The van der Waals surface area contributed by atoms with E-state index in [0.29, 0.717) is 11.1 Å². The SMILES string of the molecule is C/C(N)=C(\C#N)C(=O)COC(=O)c1oc2ccccc2c1COC(C)C. The third-order valence-electron chi connectivity index (χ3n) is 3.56. The molecule has 0 aliphatic rings. The van der Waals surface area contributed by atoms with Crippen molar-refractivity contribution in [3.63, 3.8) is 0 Å². The number of esters is 1. The van der Waals surface area contributed by atoms with Crippen molar-refractivity contribution in [2.24, 2.45) is 5.73 Å². The lowest BCUT2D eigenvalue weighted by Gasteiger charge is -2.08. The highest BCUT2D eigenvalue weighted by Gasteiger charge is 2.23. The summed E-state index contributed by atoms with van der Waals surface area (Å²) in [7, 11) is 0. The molecular weight excluding hydrogens is 336 g/mol. The topological polar surface area (TPSA) is 116 Å². The maximum atomic E-state index is 12.4. The number of fused-ring (bicyclic) bond motifs is 1. The van der Waals surface area contributed by atoms with E-state index in [9.17, 15) is 9.59 Å². The average Bonchev–Trinajstić information content (AvgIpc) is 2.96. The second-order valence-electron chi connectivity index (χ2n) is 5.93. The number of rotatable bonds is 7. The summed E-state index contributed by atoms with van der Waals surface area (Å²) in [6, 6.07) is 8.85. The molecule has 0 aliphatic heterocycles. The fraction of sp³-hybridized carbons (Fsp3) is 0.316. The van der Waals surface area contributed by atoms with Crippen molar-refractivity contribution >= 4 is 22.7 Å². The summed E-state index contributed by atoms with van der Waals surface area (Å²) in [5.41, 5.74) is 6.38. The number of benzene rings is 1. The second-order valence-corrected chi connectivity index (χ2v) is 5.93. The second kappa shape index (κ2) is 8.32. The van der Waals surface area contributed by atoms with Crippen molar-refractivity contribution in [1.29, 1.82) is 5.26 Å². The number of ether oxygens (including phenoxy) is 2. The van der Waals surface area contributed by atoms with Gasteiger partial charge in [0.2, 0.25) is 11.5 Å². The maximum Gasteiger partial charge on any atom is 0.375 e. The molecule has 1 heterocycles. The lowest BCUT2D eigenvalue weighted by atomic mass is 10.1. The van der Waals surface area contributed by atoms with Gasteiger partial charge in [-0.2, -0.15) is 5.26 Å². The van der Waals surface area contributed by atoms with Crippen LogP contribution in [0.1, 0.15) is 36.9 Å². The van der Waals surface area contributed by atoms with Crippen molar-refractivity contribution in [2.75, 3.05) is 6.61 Å². The van der Waals surface area contributed by atoms with E-state index in [2.05, 4.69) is 0 Å². The third-order valence-corrected chi connectivity index (χ3v) is 3.56. The molecule has 0 amide bonds. The first-order valence-electron chi connectivity index (χ1n) is 8.04. The quantitative estimate of drug-likeness (QED) is 0.460. The molecule has 0 spiro atoms. The van der Waals surface area contributed by atoms with Gasteiger partial charge in [-0.25, -0.2) is 4.79 Å². The van der Waals surface area contributed by atoms with E-state index in [0.717, 1.165) is 5.39 Å². The molecule has 2 N–H and O–H groups in total. The summed E-state index contributed by atoms with van der Waals surface area (Å²) in [5.74, 6) is -1.49. The number of hydrogen-bond acceptors (Lipinski definition) is 7. The number of hydrogen-bond donors (Lipinski definition) is 1. The summed E-state index contributed by atoms with van der Waals surface area (Å²) in [6.07, 6.45) is -0.0371. The Morgan fingerprint density at radius 1 is 1.31 bits per heavy atom. The van der Waals surface area contributed by atoms with Crippen molar-refractivity contribution in [3.05, 3.63) is 46.9 Å². The molecule has 7 heteroatoms. The minimum absolute atomic E-state index is 0.0217. The number of allylic oxidation sites excluding steroid dienone is 1. The number of furan rings is 1. The Labute approximate surface area is 151 Å². The Kier molecular flexibility index (Phi) is 6.15. The smallest absolute Gasteiger partial charge is 0.375 e. The first kappa shape index (κ1) is 19.2. The van der Waals surface area contributed by atoms with Crippen LogP contribution in [0.3, 0.4) is 0 Å². The van der Waals surface area contributed by atoms with Crippen LogP contribution in [0.2, 0.25) is 0 Å². The fourth-order valence-corrected chi connectivity index (χ4v) is 2.30. The van der Waals surface area contributed by atoms with Crippen LogP contribution in [-0.4, -0.2) is 24.5 Å². The largest absolute Gasteiger partial charge is 0.451 e. The Hall–Kier alpha value is -3.11. The van der Waals surface area contributed by atoms with Crippen molar-refractivity contribution in [1.82, 2.24) is 0 Å². The highest BCUT2D eigenvalue weighted by atomic mass is 16.5. The molecule has 0 aliphatic carbocycles. The van der Waals surface area contributed by atoms with E-state index in [1.807, 2.05) is 26.0 Å². The Morgan fingerprint density at radius 2 is 2.00 bits per heavy atom. The lowest BCUT2D eigenvalue weighted by molar-refractivity contribution is -0.118. The molecule has 26 heavy (non-hydrogen) atoms. The van der Waals surface area contributed by atoms with Gasteiger partial charge in [0.05, 0.1) is 12.7 Å². The van der Waals surface area contributed by atoms with Crippen LogP contribution in [0.4, 0.5) is 0 Å². The number of carbonyl (C=O) groups excluding carboxylic acids is 2. The number of para-hydroxylation sites is 1. The first-order valence-corrected chi connectivity index (χ1v) is 8.04. The zero-order valence-electron chi connectivity index (χ0n) is 14.9. The number of ketones is 1. The third kappa shape index (κ3) is 4.29. The van der Waals surface area contributed by atoms with Crippen LogP contribution in [0.25, 0.3) is 11.0 Å². The summed E-state index contributed by atoms with van der Waals surface area (Å²) in [6.45, 7) is 4.75. The van der Waals surface area contributed by atoms with Crippen molar-refractivity contribution in [2.45, 2.75) is 33.5 Å². The number of nitrogens with zero attached hydrogens (tertiary/aromatic N) is 1. The Balaban J connectivity index is 2.24. The van der Waals surface area contributed by atoms with E-state index in [1.165, 1.54) is 6.92 Å². The van der Waals surface area contributed by atoms with Gasteiger partial charge in [-0.1, -0.05) is 18.2 Å². The highest BCUT2D eigenvalue weighted by molar-refractivity contribution is 6.02. The summed E-state index contributed by atoms with van der Waals surface area (Å²) < 4.78 is 16.2. The van der Waals surface area contributed by atoms with Crippen LogP contribution >= 0.6 is 0 Å². The molecule has 2 aromatic rings. The number of nitrogens with two attached hydrogens (primary N) is 1. The predicted molar refractivity (Wildman–Crippen MR) is 93.9 cm³/mol. The number of Topliss-reactive ketones (excluding diaryl/α,β-unsaturated/α-hetero) is 1. The molecule has 7 nitrogen and oxygen atoms in total. The molecule has 0 saturated carbocycles. The number of carbonyl (C=O) groups is 2. The van der Waals surface area contributed by atoms with Gasteiger partial charge in [-0.15, -0.1) is 0 Å². The molecule has 0 saturated heterocycles. The van der Waals surface area contributed by atoms with Crippen molar-refractivity contribution in [3.8, 4) is 6.07 Å². The minimum Gasteiger partial charge on any atom is -0.451 e. The van der Waals surface area contributed by atoms with Gasteiger partial charge in [0.1, 0.15) is 17.2 Å². The maximum absolute atomic E-state index is 12.4. The van der Waals surface area contributed by atoms with E-state index in [-0.39, 0.29) is 29.7 Å². The first-order chi connectivity index (χ1) is 12.3. The molecular formula is C19H20N2O5. The van der Waals surface area contributed by atoms with Gasteiger partial charge in [0.25, 0.3) is 0 Å². The molecule has 0 unspecified atom stereocenters. The summed E-state index contributed by atoms with van der Waals surface area (Å²) in [4.78, 5) is 24.3. The molecule has 2 rings (SSSR count). The summed E-state index contributed by atoms with van der Waals surface area (Å²) >= 11 is 0. The molecule has 136 valence electrons. The van der Waals surface area contributed by atoms with Crippen LogP contribution < -0.4 is 5.73 Å². The Morgan fingerprint density at radius 3 is 2.62 bits per heavy atom. The summed E-state index contributed by atoms with van der Waals surface area (Å²) in [5, 5.41) is 9.66. The lowest BCUT2D eigenvalue weighted by Crippen LogP contribution is -2.18. The molecule has 0 bridgehead atoms. The highest BCUT2D eigenvalue weighted by Crippen LogP contribution is 2.27. The Bertz CT molecular complexity index is 898. The van der Waals surface area contributed by atoms with Gasteiger partial charge in [0, 0.05) is 16.6 Å². The zero-order valence-corrected chi connectivity index (χ0v) is 14.9. The van der Waals surface area contributed by atoms with E-state index >= 15 is 0 Å². The van der Waals surface area contributed by atoms with Gasteiger partial charge in [-0.05, 0) is 26.8 Å². The van der Waals surface area contributed by atoms with Crippen molar-refractivity contribution < 1.29 is 23.5 Å². The van der Waals surface area contributed by atoms with Crippen LogP contribution in [0.5, 0.6) is 0 Å². The molecule has 0 atom stereocenters. The van der Waals surface area contributed by atoms with E-state index in [1.54, 1.807) is 18.2 Å². The van der Waals surface area contributed by atoms with E-state index < -0.39 is 18.4 Å².